The third-order valence-corrected chi connectivity index (χ3v) is 5.56. The van der Waals surface area contributed by atoms with E-state index in [1.165, 1.54) is 12.8 Å². The lowest BCUT2D eigenvalue weighted by atomic mass is 9.81. The molecule has 106 valence electrons. The van der Waals surface area contributed by atoms with Gasteiger partial charge in [0.25, 0.3) is 0 Å². The lowest BCUT2D eigenvalue weighted by molar-refractivity contribution is -0.135. The Labute approximate surface area is 115 Å². The van der Waals surface area contributed by atoms with E-state index in [4.69, 9.17) is 0 Å². The molecule has 1 aliphatic heterocycles. The number of carbonyl (C=O) groups excluding carboxylic acids is 1. The third-order valence-electron chi connectivity index (χ3n) is 5.56. The van der Waals surface area contributed by atoms with Gasteiger partial charge < -0.3 is 10.0 Å². The number of aliphatic hydroxyl groups excluding tert-OH is 1. The van der Waals surface area contributed by atoms with Gasteiger partial charge in [0.05, 0.1) is 0 Å². The average molecular weight is 263 g/mol. The van der Waals surface area contributed by atoms with Crippen molar-refractivity contribution < 1.29 is 9.90 Å². The predicted octanol–water partition coefficient (Wildman–Crippen LogP) is 2.21. The number of rotatable bonds is 3. The van der Waals surface area contributed by atoms with Crippen LogP contribution in [-0.4, -0.2) is 35.6 Å². The van der Waals surface area contributed by atoms with Gasteiger partial charge in [0.15, 0.2) is 0 Å². The standard InChI is InChI=1S/C16H25NO2/c1-16(11-18)4-6-17(7-5-16)15(19)10-14-9-12-2-3-13(14)8-12/h2-3,12-14,18H,4-11H2,1H3. The molecule has 2 aliphatic carbocycles. The molecule has 0 radical (unpaired) electrons. The molecule has 3 unspecified atom stereocenters. The van der Waals surface area contributed by atoms with Crippen molar-refractivity contribution in [3.8, 4) is 0 Å². The number of hydrogen-bond donors (Lipinski definition) is 1. The Morgan fingerprint density at radius 1 is 1.32 bits per heavy atom. The SMILES string of the molecule is CC1(CO)CCN(C(=O)CC2CC3C=CC2C3)CC1. The molecular formula is C16H25NO2. The average Bonchev–Trinajstić information content (AvgIpc) is 3.02. The minimum atomic E-state index is 0.0337. The number of amides is 1. The summed E-state index contributed by atoms with van der Waals surface area (Å²) in [5.41, 5.74) is 0.0337. The van der Waals surface area contributed by atoms with E-state index in [1.54, 1.807) is 0 Å². The van der Waals surface area contributed by atoms with Gasteiger partial charge in [-0.3, -0.25) is 4.79 Å². The van der Waals surface area contributed by atoms with Gasteiger partial charge in [0.2, 0.25) is 5.91 Å². The fourth-order valence-corrected chi connectivity index (χ4v) is 3.94. The summed E-state index contributed by atoms with van der Waals surface area (Å²) < 4.78 is 0. The first-order valence-corrected chi connectivity index (χ1v) is 7.67. The summed E-state index contributed by atoms with van der Waals surface area (Å²) >= 11 is 0. The van der Waals surface area contributed by atoms with Gasteiger partial charge >= 0.3 is 0 Å². The molecule has 3 nitrogen and oxygen atoms in total. The number of aliphatic hydroxyl groups is 1. The summed E-state index contributed by atoms with van der Waals surface area (Å²) in [5.74, 6) is 2.35. The van der Waals surface area contributed by atoms with Crippen molar-refractivity contribution in [1.82, 2.24) is 4.90 Å². The molecule has 0 aromatic carbocycles. The molecule has 1 saturated carbocycles. The monoisotopic (exact) mass is 263 g/mol. The highest BCUT2D eigenvalue weighted by Crippen LogP contribution is 2.45. The second kappa shape index (κ2) is 4.93. The minimum Gasteiger partial charge on any atom is -0.396 e. The Kier molecular flexibility index (Phi) is 3.42. The van der Waals surface area contributed by atoms with Crippen LogP contribution in [0.4, 0.5) is 0 Å². The second-order valence-electron chi connectivity index (χ2n) is 7.09. The summed E-state index contributed by atoms with van der Waals surface area (Å²) in [6.45, 7) is 4.01. The van der Waals surface area contributed by atoms with Crippen LogP contribution in [0.15, 0.2) is 12.2 Å². The molecule has 0 spiro atoms. The number of likely N-dealkylation sites (tertiary alicyclic amines) is 1. The number of fused-ring (bicyclic) bond motifs is 2. The molecule has 3 heteroatoms. The molecule has 0 aromatic rings. The molecule has 2 fully saturated rings. The maximum Gasteiger partial charge on any atom is 0.222 e. The number of allylic oxidation sites excluding steroid dienone is 2. The van der Waals surface area contributed by atoms with Crippen molar-refractivity contribution in [2.75, 3.05) is 19.7 Å². The van der Waals surface area contributed by atoms with Crippen LogP contribution in [0.1, 0.15) is 39.0 Å². The number of carbonyl (C=O) groups is 1. The van der Waals surface area contributed by atoms with E-state index in [1.807, 2.05) is 4.90 Å². The molecule has 1 heterocycles. The number of hydrogen-bond acceptors (Lipinski definition) is 2. The van der Waals surface area contributed by atoms with Crippen molar-refractivity contribution in [1.29, 1.82) is 0 Å². The summed E-state index contributed by atoms with van der Waals surface area (Å²) in [7, 11) is 0. The van der Waals surface area contributed by atoms with E-state index in [2.05, 4.69) is 19.1 Å². The van der Waals surface area contributed by atoms with Gasteiger partial charge in [0, 0.05) is 26.1 Å². The third kappa shape index (κ3) is 2.58. The molecular weight excluding hydrogens is 238 g/mol. The summed E-state index contributed by atoms with van der Waals surface area (Å²) in [6, 6.07) is 0. The Bertz CT molecular complexity index is 382. The highest BCUT2D eigenvalue weighted by atomic mass is 16.3. The Morgan fingerprint density at radius 3 is 2.58 bits per heavy atom. The van der Waals surface area contributed by atoms with E-state index < -0.39 is 0 Å². The van der Waals surface area contributed by atoms with Gasteiger partial charge in [-0.15, -0.1) is 0 Å². The summed E-state index contributed by atoms with van der Waals surface area (Å²) in [4.78, 5) is 14.4. The largest absolute Gasteiger partial charge is 0.396 e. The Morgan fingerprint density at radius 2 is 2.05 bits per heavy atom. The van der Waals surface area contributed by atoms with E-state index in [-0.39, 0.29) is 12.0 Å². The van der Waals surface area contributed by atoms with Crippen LogP contribution in [0.25, 0.3) is 0 Å². The maximum atomic E-state index is 12.4. The molecule has 1 saturated heterocycles. The first-order valence-electron chi connectivity index (χ1n) is 7.67. The van der Waals surface area contributed by atoms with Crippen molar-refractivity contribution in [3.63, 3.8) is 0 Å². The topological polar surface area (TPSA) is 40.5 Å². The quantitative estimate of drug-likeness (QED) is 0.793. The zero-order chi connectivity index (χ0) is 13.5. The molecule has 2 bridgehead atoms. The van der Waals surface area contributed by atoms with Crippen LogP contribution in [0.5, 0.6) is 0 Å². The van der Waals surface area contributed by atoms with E-state index >= 15 is 0 Å². The van der Waals surface area contributed by atoms with Crippen LogP contribution in [0, 0.1) is 23.2 Å². The first kappa shape index (κ1) is 13.2. The van der Waals surface area contributed by atoms with E-state index in [0.29, 0.717) is 17.7 Å². The molecule has 3 aliphatic rings. The van der Waals surface area contributed by atoms with Crippen LogP contribution in [0.3, 0.4) is 0 Å². The van der Waals surface area contributed by atoms with Gasteiger partial charge in [-0.1, -0.05) is 19.1 Å². The van der Waals surface area contributed by atoms with Gasteiger partial charge in [-0.25, -0.2) is 0 Å². The summed E-state index contributed by atoms with van der Waals surface area (Å²) in [6.07, 6.45) is 9.76. The number of piperidine rings is 1. The molecule has 3 atom stereocenters. The van der Waals surface area contributed by atoms with Gasteiger partial charge in [0.1, 0.15) is 0 Å². The highest BCUT2D eigenvalue weighted by Gasteiger charge is 2.38. The van der Waals surface area contributed by atoms with Crippen molar-refractivity contribution in [3.05, 3.63) is 12.2 Å². The highest BCUT2D eigenvalue weighted by molar-refractivity contribution is 5.76. The Balaban J connectivity index is 1.51. The van der Waals surface area contributed by atoms with Gasteiger partial charge in [-0.2, -0.15) is 0 Å². The Hall–Kier alpha value is -0.830. The smallest absolute Gasteiger partial charge is 0.222 e. The lowest BCUT2D eigenvalue weighted by Crippen LogP contribution is -2.44. The first-order chi connectivity index (χ1) is 9.09. The normalized spacial score (nSPS) is 35.9. The maximum absolute atomic E-state index is 12.4. The summed E-state index contributed by atoms with van der Waals surface area (Å²) in [5, 5.41) is 9.37. The van der Waals surface area contributed by atoms with Crippen LogP contribution < -0.4 is 0 Å². The zero-order valence-corrected chi connectivity index (χ0v) is 11.8. The minimum absolute atomic E-state index is 0.0337. The zero-order valence-electron chi connectivity index (χ0n) is 11.8. The van der Waals surface area contributed by atoms with Crippen molar-refractivity contribution >= 4 is 5.91 Å². The second-order valence-corrected chi connectivity index (χ2v) is 7.09. The van der Waals surface area contributed by atoms with Crippen LogP contribution in [-0.2, 0) is 4.79 Å². The lowest BCUT2D eigenvalue weighted by Gasteiger charge is -2.38. The molecule has 1 N–H and O–H groups in total. The van der Waals surface area contributed by atoms with E-state index in [0.717, 1.165) is 38.3 Å². The molecule has 3 rings (SSSR count). The van der Waals surface area contributed by atoms with Gasteiger partial charge in [-0.05, 0) is 48.9 Å². The number of nitrogens with zero attached hydrogens (tertiary/aromatic N) is 1. The van der Waals surface area contributed by atoms with Crippen molar-refractivity contribution in [2.24, 2.45) is 23.2 Å². The fraction of sp³-hybridized carbons (Fsp3) is 0.812. The van der Waals surface area contributed by atoms with Crippen LogP contribution >= 0.6 is 0 Å². The molecule has 1 amide bonds. The van der Waals surface area contributed by atoms with Crippen molar-refractivity contribution in [2.45, 2.75) is 39.0 Å². The van der Waals surface area contributed by atoms with E-state index in [9.17, 15) is 9.90 Å². The predicted molar refractivity (Wildman–Crippen MR) is 74.5 cm³/mol. The van der Waals surface area contributed by atoms with Crippen LogP contribution in [0.2, 0.25) is 0 Å². The molecule has 0 aromatic heterocycles. The fourth-order valence-electron chi connectivity index (χ4n) is 3.94. The molecule has 19 heavy (non-hydrogen) atoms.